The minimum Gasteiger partial charge on any atom is -0.465 e. The minimum atomic E-state index is -3.29. The lowest BCUT2D eigenvalue weighted by molar-refractivity contribution is -0.0876. The Morgan fingerprint density at radius 1 is 1.33 bits per heavy atom. The number of carbonyl (C=O) groups is 2. The van der Waals surface area contributed by atoms with Gasteiger partial charge in [0.15, 0.2) is 0 Å². The minimum absolute atomic E-state index is 0.0269. The van der Waals surface area contributed by atoms with E-state index < -0.39 is 48.7 Å². The summed E-state index contributed by atoms with van der Waals surface area (Å²) in [5.41, 5.74) is 0.963. The van der Waals surface area contributed by atoms with E-state index in [0.29, 0.717) is 5.56 Å². The molecule has 1 aliphatic heterocycles. The third-order valence-electron chi connectivity index (χ3n) is 5.35. The molecule has 0 bridgehead atoms. The average Bonchev–Trinajstić information content (AvgIpc) is 3.28. The van der Waals surface area contributed by atoms with Crippen LogP contribution in [0.3, 0.4) is 0 Å². The molecule has 0 radical (unpaired) electrons. The first kappa shape index (κ1) is 20.1. The number of halogens is 4. The summed E-state index contributed by atoms with van der Waals surface area (Å²) in [6.45, 7) is 0.0269. The van der Waals surface area contributed by atoms with E-state index in [0.717, 1.165) is 0 Å². The van der Waals surface area contributed by atoms with E-state index in [4.69, 9.17) is 9.52 Å². The maximum absolute atomic E-state index is 14.4. The quantitative estimate of drug-likeness (QED) is 0.722. The van der Waals surface area contributed by atoms with Crippen LogP contribution in [0.1, 0.15) is 47.5 Å². The van der Waals surface area contributed by atoms with Crippen LogP contribution in [0.4, 0.5) is 22.4 Å². The fourth-order valence-corrected chi connectivity index (χ4v) is 3.98. The number of nitrogens with one attached hydrogen (secondary N) is 1. The molecule has 0 spiro atoms. The molecule has 1 aliphatic carbocycles. The summed E-state index contributed by atoms with van der Waals surface area (Å²) in [7, 11) is 0. The third-order valence-corrected chi connectivity index (χ3v) is 5.35. The largest absolute Gasteiger partial charge is 0.465 e. The number of hydrogen-bond donors (Lipinski definition) is 2. The molecule has 1 fully saturated rings. The number of nitrogens with zero attached hydrogens (tertiary/aromatic N) is 3. The number of rotatable bonds is 4. The first-order valence-corrected chi connectivity index (χ1v) is 9.10. The summed E-state index contributed by atoms with van der Waals surface area (Å²) in [6, 6.07) is 1.67. The van der Waals surface area contributed by atoms with Crippen LogP contribution in [0, 0.1) is 0 Å². The molecule has 2 aliphatic rings. The van der Waals surface area contributed by atoms with Gasteiger partial charge >= 0.3 is 12.5 Å². The molecular formula is C18H16F4N4O4. The molecule has 2 heterocycles. The average molecular weight is 428 g/mol. The summed E-state index contributed by atoms with van der Waals surface area (Å²) in [4.78, 5) is 25.2. The molecule has 4 rings (SSSR count). The molecule has 2 aromatic rings. The van der Waals surface area contributed by atoms with E-state index in [1.165, 1.54) is 17.0 Å². The fourth-order valence-electron chi connectivity index (χ4n) is 3.98. The number of carboxylic acid groups (broad SMARTS) is 1. The van der Waals surface area contributed by atoms with Gasteiger partial charge in [-0.1, -0.05) is 6.07 Å². The predicted molar refractivity (Wildman–Crippen MR) is 92.1 cm³/mol. The van der Waals surface area contributed by atoms with E-state index in [1.807, 2.05) is 5.32 Å². The van der Waals surface area contributed by atoms with Crippen molar-refractivity contribution in [3.8, 4) is 11.5 Å². The van der Waals surface area contributed by atoms with Crippen LogP contribution in [0.25, 0.3) is 11.5 Å². The van der Waals surface area contributed by atoms with Crippen molar-refractivity contribution in [2.24, 2.45) is 0 Å². The normalized spacial score (nSPS) is 23.0. The van der Waals surface area contributed by atoms with Gasteiger partial charge < -0.3 is 19.7 Å². The van der Waals surface area contributed by atoms with Crippen LogP contribution in [-0.4, -0.2) is 50.2 Å². The van der Waals surface area contributed by atoms with Crippen LogP contribution < -0.4 is 5.32 Å². The lowest BCUT2D eigenvalue weighted by Crippen LogP contribution is -2.61. The van der Waals surface area contributed by atoms with Gasteiger partial charge in [-0.05, 0) is 30.5 Å². The highest BCUT2D eigenvalue weighted by atomic mass is 19.3. The number of alkyl halides is 4. The first-order valence-electron chi connectivity index (χ1n) is 9.10. The molecule has 1 aromatic heterocycles. The number of aromatic nitrogens is 2. The van der Waals surface area contributed by atoms with Gasteiger partial charge in [-0.3, -0.25) is 4.79 Å². The van der Waals surface area contributed by atoms with Gasteiger partial charge in [0, 0.05) is 24.1 Å². The van der Waals surface area contributed by atoms with Crippen molar-refractivity contribution in [3.63, 3.8) is 0 Å². The fraction of sp³-hybridized carbons (Fsp3) is 0.444. The predicted octanol–water partition coefficient (Wildman–Crippen LogP) is 3.45. The number of fused-ring (bicyclic) bond motifs is 1. The van der Waals surface area contributed by atoms with Crippen molar-refractivity contribution in [2.75, 3.05) is 0 Å². The Labute approximate surface area is 166 Å². The van der Waals surface area contributed by atoms with Crippen LogP contribution >= 0.6 is 0 Å². The van der Waals surface area contributed by atoms with Gasteiger partial charge in [-0.25, -0.2) is 13.6 Å². The second-order valence-electron chi connectivity index (χ2n) is 7.20. The Bertz CT molecular complexity index is 996. The summed E-state index contributed by atoms with van der Waals surface area (Å²) in [5, 5.41) is 17.6. The van der Waals surface area contributed by atoms with E-state index in [9.17, 15) is 27.2 Å². The van der Waals surface area contributed by atoms with Crippen molar-refractivity contribution in [1.82, 2.24) is 20.4 Å². The smallest absolute Gasteiger partial charge is 0.405 e. The lowest BCUT2D eigenvalue weighted by Gasteiger charge is -2.42. The maximum Gasteiger partial charge on any atom is 0.405 e. The summed E-state index contributed by atoms with van der Waals surface area (Å²) in [5.74, 6) is -4.91. The topological polar surface area (TPSA) is 109 Å². The second kappa shape index (κ2) is 7.26. The van der Waals surface area contributed by atoms with Crippen LogP contribution in [0.5, 0.6) is 0 Å². The van der Waals surface area contributed by atoms with Crippen LogP contribution in [0.2, 0.25) is 0 Å². The van der Waals surface area contributed by atoms with Crippen molar-refractivity contribution >= 4 is 12.0 Å². The van der Waals surface area contributed by atoms with Gasteiger partial charge in [-0.2, -0.15) is 8.78 Å². The Morgan fingerprint density at radius 3 is 2.77 bits per heavy atom. The van der Waals surface area contributed by atoms with Crippen LogP contribution in [0.15, 0.2) is 22.6 Å². The van der Waals surface area contributed by atoms with Crippen molar-refractivity contribution in [2.45, 2.75) is 50.2 Å². The highest BCUT2D eigenvalue weighted by Crippen LogP contribution is 2.39. The van der Waals surface area contributed by atoms with Gasteiger partial charge in [0.25, 0.3) is 17.7 Å². The number of carbonyl (C=O) groups excluding carboxylic acids is 1. The Morgan fingerprint density at radius 2 is 2.10 bits per heavy atom. The van der Waals surface area contributed by atoms with Gasteiger partial charge in [-0.15, -0.1) is 10.2 Å². The van der Waals surface area contributed by atoms with Crippen LogP contribution in [-0.2, 0) is 6.54 Å². The van der Waals surface area contributed by atoms with Crippen molar-refractivity contribution in [1.29, 1.82) is 0 Å². The SMILES string of the molecule is O=C(O)N[C@H]1[C@H](N2Cc3ccc(-c4nnc(C(F)F)o4)cc3C2=O)CCCC1(F)F. The Hall–Kier alpha value is -3.18. The molecule has 0 saturated heterocycles. The zero-order valence-corrected chi connectivity index (χ0v) is 15.3. The molecule has 2 N–H and O–H groups in total. The molecule has 1 saturated carbocycles. The van der Waals surface area contributed by atoms with Gasteiger partial charge in [0.05, 0.1) is 6.04 Å². The highest BCUT2D eigenvalue weighted by molar-refractivity contribution is 5.99. The zero-order valence-electron chi connectivity index (χ0n) is 15.3. The number of benzene rings is 1. The van der Waals surface area contributed by atoms with E-state index in [1.54, 1.807) is 6.07 Å². The molecule has 1 aromatic carbocycles. The molecule has 2 atom stereocenters. The van der Waals surface area contributed by atoms with E-state index in [-0.39, 0.29) is 36.4 Å². The summed E-state index contributed by atoms with van der Waals surface area (Å²) in [6.07, 6.45) is -4.65. The molecule has 160 valence electrons. The molecule has 0 unspecified atom stereocenters. The number of hydrogen-bond acceptors (Lipinski definition) is 5. The highest BCUT2D eigenvalue weighted by Gasteiger charge is 2.51. The maximum atomic E-state index is 14.4. The van der Waals surface area contributed by atoms with E-state index in [2.05, 4.69) is 10.2 Å². The Kier molecular flexibility index (Phi) is 4.86. The Balaban J connectivity index is 1.62. The standard InChI is InChI=1S/C18H16F4N4O4/c19-13(20)15-25-24-14(30-15)8-3-4-9-7-26(16(27)10(9)6-8)11-2-1-5-18(21,22)12(11)23-17(28)29/h3-4,6,11-13,23H,1-2,5,7H2,(H,28,29)/t11-,12+/m1/s1. The molecule has 8 nitrogen and oxygen atoms in total. The lowest BCUT2D eigenvalue weighted by atomic mass is 9.86. The molecule has 2 amide bonds. The second-order valence-corrected chi connectivity index (χ2v) is 7.20. The third kappa shape index (κ3) is 3.46. The molecular weight excluding hydrogens is 412 g/mol. The monoisotopic (exact) mass is 428 g/mol. The van der Waals surface area contributed by atoms with Gasteiger partial charge in [0.1, 0.15) is 6.04 Å². The molecule has 12 heteroatoms. The van der Waals surface area contributed by atoms with Gasteiger partial charge in [0.2, 0.25) is 5.89 Å². The molecule has 30 heavy (non-hydrogen) atoms. The number of amides is 2. The summed E-state index contributed by atoms with van der Waals surface area (Å²) >= 11 is 0. The van der Waals surface area contributed by atoms with Crippen molar-refractivity contribution in [3.05, 3.63) is 35.2 Å². The zero-order chi connectivity index (χ0) is 21.6. The first-order chi connectivity index (χ1) is 14.2. The van der Waals surface area contributed by atoms with E-state index >= 15 is 0 Å². The summed E-state index contributed by atoms with van der Waals surface area (Å²) < 4.78 is 59.0. The van der Waals surface area contributed by atoms with Crippen molar-refractivity contribution < 1.29 is 36.7 Å².